The van der Waals surface area contributed by atoms with Crippen molar-refractivity contribution in [1.82, 2.24) is 20.9 Å². The largest absolute Gasteiger partial charge is 0.464 e. The van der Waals surface area contributed by atoms with E-state index in [1.165, 1.54) is 23.1 Å². The quantitative estimate of drug-likeness (QED) is 0.0854. The van der Waals surface area contributed by atoms with Gasteiger partial charge in [-0.2, -0.15) is 0 Å². The van der Waals surface area contributed by atoms with E-state index in [0.29, 0.717) is 25.5 Å². The smallest absolute Gasteiger partial charge is 0.407 e. The van der Waals surface area contributed by atoms with Crippen molar-refractivity contribution in [3.05, 3.63) is 34.9 Å². The maximum Gasteiger partial charge on any atom is 0.407 e. The van der Waals surface area contributed by atoms with E-state index in [-0.39, 0.29) is 35.8 Å². The molecule has 0 radical (unpaired) electrons. The first-order valence-electron chi connectivity index (χ1n) is 20.2. The summed E-state index contributed by atoms with van der Waals surface area (Å²) >= 11 is 0. The van der Waals surface area contributed by atoms with Crippen LogP contribution in [0.5, 0.6) is 0 Å². The molecule has 3 amide bonds. The normalized spacial score (nSPS) is 18.4. The lowest BCUT2D eigenvalue weighted by Crippen LogP contribution is -2.57. The monoisotopic (exact) mass is 727 g/mol. The average molecular weight is 727 g/mol. The zero-order chi connectivity index (χ0) is 38.3. The van der Waals surface area contributed by atoms with Crippen LogP contribution in [0.25, 0.3) is 0 Å². The molecule has 294 valence electrons. The molecule has 4 atom stereocenters. The van der Waals surface area contributed by atoms with Crippen LogP contribution >= 0.6 is 0 Å². The Hall–Kier alpha value is -3.14. The molecule has 0 spiro atoms. The molecule has 52 heavy (non-hydrogen) atoms. The van der Waals surface area contributed by atoms with Gasteiger partial charge in [-0.25, -0.2) is 9.59 Å². The number of nitrogens with zero attached hydrogens (tertiary/aromatic N) is 1. The summed E-state index contributed by atoms with van der Waals surface area (Å²) in [5.74, 6) is 0.0369. The highest BCUT2D eigenvalue weighted by molar-refractivity contribution is 5.91. The van der Waals surface area contributed by atoms with Gasteiger partial charge in [0.15, 0.2) is 0 Å². The Morgan fingerprint density at radius 2 is 1.67 bits per heavy atom. The van der Waals surface area contributed by atoms with Gasteiger partial charge in [-0.3, -0.25) is 9.59 Å². The number of benzene rings is 1. The third-order valence-electron chi connectivity index (χ3n) is 10.7. The van der Waals surface area contributed by atoms with Gasteiger partial charge in [0.2, 0.25) is 11.8 Å². The van der Waals surface area contributed by atoms with Crippen LogP contribution in [0.15, 0.2) is 18.2 Å². The topological polar surface area (TPSA) is 126 Å². The Morgan fingerprint density at radius 1 is 0.962 bits per heavy atom. The van der Waals surface area contributed by atoms with Crippen molar-refractivity contribution in [2.45, 2.75) is 162 Å². The van der Waals surface area contributed by atoms with Crippen LogP contribution in [-0.4, -0.2) is 79.2 Å². The van der Waals surface area contributed by atoms with Gasteiger partial charge in [0.1, 0.15) is 17.7 Å². The zero-order valence-electron chi connectivity index (χ0n) is 33.6. The minimum atomic E-state index is -0.739. The maximum absolute atomic E-state index is 14.2. The van der Waals surface area contributed by atoms with Crippen molar-refractivity contribution in [3.8, 4) is 0 Å². The molecule has 10 nitrogen and oxygen atoms in total. The van der Waals surface area contributed by atoms with E-state index in [1.54, 1.807) is 18.9 Å². The molecule has 0 aliphatic heterocycles. The Balaban J connectivity index is 1.61. The fourth-order valence-corrected chi connectivity index (χ4v) is 7.52. The number of hydrogen-bond acceptors (Lipinski definition) is 7. The predicted octanol–water partition coefficient (Wildman–Crippen LogP) is 6.90. The van der Waals surface area contributed by atoms with Gasteiger partial charge in [-0.05, 0) is 133 Å². The molecule has 2 aliphatic rings. The van der Waals surface area contributed by atoms with Crippen LogP contribution in [0.3, 0.4) is 0 Å². The van der Waals surface area contributed by atoms with E-state index < -0.39 is 23.7 Å². The van der Waals surface area contributed by atoms with Crippen LogP contribution in [0.2, 0.25) is 0 Å². The number of fused-ring (bicyclic) bond motifs is 1. The second kappa shape index (κ2) is 21.5. The zero-order valence-corrected chi connectivity index (χ0v) is 33.6. The Kier molecular flexibility index (Phi) is 17.9. The first-order valence-corrected chi connectivity index (χ1v) is 20.2. The number of ether oxygens (including phenoxy) is 2. The van der Waals surface area contributed by atoms with Gasteiger partial charge in [0.05, 0.1) is 12.6 Å². The maximum atomic E-state index is 14.2. The number of hydrogen-bond donors (Lipinski definition) is 3. The van der Waals surface area contributed by atoms with Gasteiger partial charge in [-0.15, -0.1) is 0 Å². The van der Waals surface area contributed by atoms with Crippen molar-refractivity contribution in [2.24, 2.45) is 17.8 Å². The molecule has 1 saturated carbocycles. The standard InChI is InChI=1S/C42H70N4O6/c1-9-10-26-51-40(49)36(27-29(2)3)45-38(47)30(4)46(8)39(48)37(34-16-12-11-13-17-34)44-28-31-21-23-33-19-14-18-32(35(33)24-22-31)20-15-25-43-41(50)52-42(5,6)7/h14,18-19,29-31,34,36-37,44H,9-13,15-17,20-28H2,1-8H3,(H,43,50)(H,45,47)/t30-,31+,36-,37+/m1/s1. The number of carbonyl (C=O) groups excluding carboxylic acids is 4. The first kappa shape index (κ1) is 43.3. The molecule has 0 saturated heterocycles. The number of aryl methyl sites for hydroxylation is 2. The van der Waals surface area contributed by atoms with E-state index in [1.807, 2.05) is 41.5 Å². The number of alkyl carbamates (subject to hydrolysis) is 1. The molecular formula is C42H70N4O6. The highest BCUT2D eigenvalue weighted by Gasteiger charge is 2.36. The van der Waals surface area contributed by atoms with Crippen molar-refractivity contribution in [1.29, 1.82) is 0 Å². The van der Waals surface area contributed by atoms with E-state index in [2.05, 4.69) is 34.1 Å². The van der Waals surface area contributed by atoms with Gasteiger partial charge >= 0.3 is 12.1 Å². The number of esters is 1. The lowest BCUT2D eigenvalue weighted by molar-refractivity contribution is -0.149. The number of amides is 3. The van der Waals surface area contributed by atoms with Crippen molar-refractivity contribution in [2.75, 3.05) is 26.7 Å². The molecular weight excluding hydrogens is 656 g/mol. The third-order valence-corrected chi connectivity index (χ3v) is 10.7. The summed E-state index contributed by atoms with van der Waals surface area (Å²) in [6, 6.07) is 4.79. The molecule has 3 N–H and O–H groups in total. The molecule has 1 aromatic rings. The van der Waals surface area contributed by atoms with Gasteiger partial charge in [-0.1, -0.05) is 64.7 Å². The molecule has 3 rings (SSSR count). The highest BCUT2D eigenvalue weighted by Crippen LogP contribution is 2.30. The summed E-state index contributed by atoms with van der Waals surface area (Å²) in [7, 11) is 1.72. The van der Waals surface area contributed by atoms with Crippen LogP contribution in [-0.2, 0) is 43.1 Å². The lowest BCUT2D eigenvalue weighted by Gasteiger charge is -2.35. The summed E-state index contributed by atoms with van der Waals surface area (Å²) in [6.07, 6.45) is 13.1. The number of likely N-dealkylation sites (N-methyl/N-ethyl adjacent to an activating group) is 1. The minimum Gasteiger partial charge on any atom is -0.464 e. The molecule has 1 aromatic carbocycles. The van der Waals surface area contributed by atoms with Crippen molar-refractivity contribution >= 4 is 23.9 Å². The fraction of sp³-hybridized carbons (Fsp3) is 0.762. The molecule has 0 unspecified atom stereocenters. The van der Waals surface area contributed by atoms with Gasteiger partial charge in [0, 0.05) is 13.6 Å². The summed E-state index contributed by atoms with van der Waals surface area (Å²) in [5.41, 5.74) is 3.69. The van der Waals surface area contributed by atoms with Crippen LogP contribution in [0.1, 0.15) is 136 Å². The summed E-state index contributed by atoms with van der Waals surface area (Å²) in [4.78, 5) is 54.2. The SMILES string of the molecule is CCCCOC(=O)[C@@H](CC(C)C)NC(=O)[C@@H](C)N(C)C(=O)[C@@H](NC[C@H]1CCc2cccc(CCCNC(=O)OC(C)(C)C)c2CC1)C1CCCCC1. The molecule has 2 aliphatic carbocycles. The van der Waals surface area contributed by atoms with E-state index in [0.717, 1.165) is 83.6 Å². The van der Waals surface area contributed by atoms with E-state index in [9.17, 15) is 19.2 Å². The predicted molar refractivity (Wildman–Crippen MR) is 207 cm³/mol. The number of rotatable bonds is 18. The third kappa shape index (κ3) is 14.4. The molecule has 1 fully saturated rings. The minimum absolute atomic E-state index is 0.0559. The molecule has 10 heteroatoms. The number of carbonyl (C=O) groups is 4. The highest BCUT2D eigenvalue weighted by atomic mass is 16.6. The summed E-state index contributed by atoms with van der Waals surface area (Å²) in [6.45, 7) is 15.1. The Labute approximate surface area is 314 Å². The second-order valence-corrected chi connectivity index (χ2v) is 16.7. The first-order chi connectivity index (χ1) is 24.7. The molecule has 0 aromatic heterocycles. The summed E-state index contributed by atoms with van der Waals surface area (Å²) in [5, 5.41) is 9.53. The summed E-state index contributed by atoms with van der Waals surface area (Å²) < 4.78 is 10.8. The molecule has 0 heterocycles. The number of nitrogens with one attached hydrogen (secondary N) is 3. The van der Waals surface area contributed by atoms with Crippen molar-refractivity contribution in [3.63, 3.8) is 0 Å². The van der Waals surface area contributed by atoms with E-state index >= 15 is 0 Å². The molecule has 0 bridgehead atoms. The Morgan fingerprint density at radius 3 is 2.35 bits per heavy atom. The van der Waals surface area contributed by atoms with E-state index in [4.69, 9.17) is 9.47 Å². The lowest BCUT2D eigenvalue weighted by atomic mass is 9.83. The number of unbranched alkanes of at least 4 members (excludes halogenated alkanes) is 1. The van der Waals surface area contributed by atoms with Crippen molar-refractivity contribution < 1.29 is 28.7 Å². The van der Waals surface area contributed by atoms with Crippen LogP contribution in [0.4, 0.5) is 4.79 Å². The van der Waals surface area contributed by atoms with Gasteiger partial charge in [0.25, 0.3) is 0 Å². The fourth-order valence-electron chi connectivity index (χ4n) is 7.52. The average Bonchev–Trinajstić information content (AvgIpc) is 3.31. The van der Waals surface area contributed by atoms with Crippen LogP contribution in [0, 0.1) is 17.8 Å². The second-order valence-electron chi connectivity index (χ2n) is 16.7. The van der Waals surface area contributed by atoms with Gasteiger partial charge < -0.3 is 30.3 Å². The Bertz CT molecular complexity index is 1290. The van der Waals surface area contributed by atoms with Crippen LogP contribution < -0.4 is 16.0 Å².